The number of hydrogen-bond acceptors (Lipinski definition) is 6. The molecular formula is C20H31N3O4S2. The second kappa shape index (κ2) is 14.1. The Morgan fingerprint density at radius 2 is 1.93 bits per heavy atom. The number of ether oxygens (including phenoxy) is 1. The summed E-state index contributed by atoms with van der Waals surface area (Å²) in [7, 11) is 1.07. The molecule has 9 heteroatoms. The maximum Gasteiger partial charge on any atom is 0.311 e. The van der Waals surface area contributed by atoms with Gasteiger partial charge in [0.1, 0.15) is 5.75 Å². The van der Waals surface area contributed by atoms with E-state index in [1.807, 2.05) is 24.3 Å². The predicted molar refractivity (Wildman–Crippen MR) is 119 cm³/mol. The molecule has 29 heavy (non-hydrogen) atoms. The summed E-state index contributed by atoms with van der Waals surface area (Å²) in [5.74, 6) is 1.18. The molecule has 1 amide bonds. The van der Waals surface area contributed by atoms with Gasteiger partial charge in [0.2, 0.25) is 5.91 Å². The summed E-state index contributed by atoms with van der Waals surface area (Å²) in [5, 5.41) is 5.57. The van der Waals surface area contributed by atoms with E-state index in [9.17, 15) is 13.2 Å². The summed E-state index contributed by atoms with van der Waals surface area (Å²) in [6.07, 6.45) is 7.27. The second-order valence-electron chi connectivity index (χ2n) is 6.88. The Hall–Kier alpha value is -2.00. The van der Waals surface area contributed by atoms with Gasteiger partial charge >= 0.3 is 10.5 Å². The van der Waals surface area contributed by atoms with E-state index < -0.39 is 10.5 Å². The van der Waals surface area contributed by atoms with Gasteiger partial charge in [-0.3, -0.25) is 4.79 Å². The molecule has 1 saturated carbocycles. The van der Waals surface area contributed by atoms with E-state index >= 15 is 0 Å². The third-order valence-electron chi connectivity index (χ3n) is 4.78. The summed E-state index contributed by atoms with van der Waals surface area (Å²) >= 11 is 4.82. The quantitative estimate of drug-likeness (QED) is 0.475. The van der Waals surface area contributed by atoms with Crippen LogP contribution in [0.4, 0.5) is 0 Å². The average molecular weight is 442 g/mol. The molecular weight excluding hydrogens is 410 g/mol. The van der Waals surface area contributed by atoms with Crippen LogP contribution in [0.1, 0.15) is 51.0 Å². The van der Waals surface area contributed by atoms with Crippen LogP contribution in [0.3, 0.4) is 0 Å². The normalized spacial score (nSPS) is 17.1. The number of carbonyl (C=O) groups excluding carboxylic acids is 1. The molecule has 2 unspecified atom stereocenters. The summed E-state index contributed by atoms with van der Waals surface area (Å²) in [6.45, 7) is 2.18. The number of benzene rings is 1. The molecule has 1 aromatic carbocycles. The number of hydrogen-bond donors (Lipinski definition) is 2. The van der Waals surface area contributed by atoms with E-state index in [1.54, 1.807) is 14.2 Å². The van der Waals surface area contributed by atoms with Crippen LogP contribution in [-0.2, 0) is 21.7 Å². The zero-order chi connectivity index (χ0) is 21.6. The molecule has 1 aromatic rings. The predicted octanol–water partition coefficient (Wildman–Crippen LogP) is 3.27. The lowest BCUT2D eigenvalue weighted by Gasteiger charge is -2.32. The second-order valence-corrected chi connectivity index (χ2v) is 7.93. The number of thiocarbonyl (C=S) groups is 1. The Balaban J connectivity index is 0.000000296. The highest BCUT2D eigenvalue weighted by Crippen LogP contribution is 2.34. The molecule has 0 saturated heterocycles. The fraction of sp³-hybridized carbons (Fsp3) is 0.600. The van der Waals surface area contributed by atoms with Crippen LogP contribution in [0.5, 0.6) is 5.75 Å². The zero-order valence-electron chi connectivity index (χ0n) is 17.3. The zero-order valence-corrected chi connectivity index (χ0v) is 18.9. The van der Waals surface area contributed by atoms with Crippen LogP contribution < -0.4 is 15.4 Å². The molecule has 0 bridgehead atoms. The van der Waals surface area contributed by atoms with E-state index in [0.29, 0.717) is 17.5 Å². The third-order valence-corrected chi connectivity index (χ3v) is 5.53. The van der Waals surface area contributed by atoms with E-state index in [4.69, 9.17) is 17.0 Å². The number of amides is 1. The molecule has 0 spiro atoms. The molecule has 1 aliphatic carbocycles. The molecule has 1 aliphatic rings. The van der Waals surface area contributed by atoms with Crippen molar-refractivity contribution in [1.29, 1.82) is 0 Å². The molecule has 2 rings (SSSR count). The first-order valence-electron chi connectivity index (χ1n) is 9.84. The SMILES string of the molecule is CCCCCC1CCC1N=S(=O)=O.CNC(=S)NC(=O)Cc1ccc(OC)cc1. The lowest BCUT2D eigenvalue weighted by Crippen LogP contribution is -2.37. The fourth-order valence-electron chi connectivity index (χ4n) is 2.96. The highest BCUT2D eigenvalue weighted by atomic mass is 32.2. The van der Waals surface area contributed by atoms with Crippen LogP contribution in [-0.4, -0.2) is 39.6 Å². The summed E-state index contributed by atoms with van der Waals surface area (Å²) in [6, 6.07) is 7.44. The van der Waals surface area contributed by atoms with Gasteiger partial charge < -0.3 is 15.4 Å². The topological polar surface area (TPSA) is 96.9 Å². The third kappa shape index (κ3) is 10.4. The van der Waals surface area contributed by atoms with Gasteiger partial charge in [0.25, 0.3) is 0 Å². The van der Waals surface area contributed by atoms with E-state index in [2.05, 4.69) is 21.9 Å². The van der Waals surface area contributed by atoms with E-state index in [0.717, 1.165) is 30.6 Å². The van der Waals surface area contributed by atoms with Crippen LogP contribution in [0.25, 0.3) is 0 Å². The van der Waals surface area contributed by atoms with Gasteiger partial charge in [0.05, 0.1) is 19.6 Å². The average Bonchev–Trinajstić information content (AvgIpc) is 2.69. The van der Waals surface area contributed by atoms with Gasteiger partial charge in [-0.2, -0.15) is 12.8 Å². The molecule has 7 nitrogen and oxygen atoms in total. The minimum atomic E-state index is -2.20. The van der Waals surface area contributed by atoms with Crippen molar-refractivity contribution < 1.29 is 17.9 Å². The van der Waals surface area contributed by atoms with Crippen molar-refractivity contribution in [2.24, 2.45) is 10.3 Å². The number of methoxy groups -OCH3 is 1. The highest BCUT2D eigenvalue weighted by molar-refractivity contribution is 7.80. The molecule has 2 atom stereocenters. The van der Waals surface area contributed by atoms with Gasteiger partial charge in [-0.05, 0) is 55.1 Å². The monoisotopic (exact) mass is 441 g/mol. The molecule has 0 aromatic heterocycles. The maximum atomic E-state index is 11.5. The van der Waals surface area contributed by atoms with Crippen LogP contribution >= 0.6 is 12.2 Å². The van der Waals surface area contributed by atoms with Gasteiger partial charge in [-0.1, -0.05) is 38.3 Å². The Bertz CT molecular complexity index is 771. The fourth-order valence-corrected chi connectivity index (χ4v) is 3.57. The Morgan fingerprint density at radius 1 is 1.24 bits per heavy atom. The van der Waals surface area contributed by atoms with Gasteiger partial charge in [0, 0.05) is 7.05 Å². The van der Waals surface area contributed by atoms with Gasteiger partial charge in [-0.15, -0.1) is 0 Å². The molecule has 2 N–H and O–H groups in total. The number of unbranched alkanes of at least 4 members (excludes halogenated alkanes) is 2. The number of rotatable bonds is 8. The Labute approximate surface area is 180 Å². The maximum absolute atomic E-state index is 11.5. The van der Waals surface area contributed by atoms with Crippen molar-refractivity contribution in [2.45, 2.75) is 57.9 Å². The van der Waals surface area contributed by atoms with Crippen LogP contribution in [0.15, 0.2) is 28.6 Å². The summed E-state index contributed by atoms with van der Waals surface area (Å²) in [4.78, 5) is 11.5. The van der Waals surface area contributed by atoms with Crippen LogP contribution in [0, 0.1) is 5.92 Å². The lowest BCUT2D eigenvalue weighted by molar-refractivity contribution is -0.119. The first-order valence-corrected chi connectivity index (χ1v) is 11.3. The van der Waals surface area contributed by atoms with E-state index in [-0.39, 0.29) is 11.9 Å². The Morgan fingerprint density at radius 3 is 2.41 bits per heavy atom. The van der Waals surface area contributed by atoms with Crippen molar-refractivity contribution in [3.8, 4) is 5.75 Å². The highest BCUT2D eigenvalue weighted by Gasteiger charge is 2.30. The van der Waals surface area contributed by atoms with Crippen molar-refractivity contribution in [3.63, 3.8) is 0 Å². The van der Waals surface area contributed by atoms with Crippen LogP contribution in [0.2, 0.25) is 0 Å². The first kappa shape index (κ1) is 25.0. The van der Waals surface area contributed by atoms with E-state index in [1.165, 1.54) is 19.3 Å². The molecule has 0 radical (unpaired) electrons. The smallest absolute Gasteiger partial charge is 0.311 e. The Kier molecular flexibility index (Phi) is 12.1. The lowest BCUT2D eigenvalue weighted by atomic mass is 9.77. The van der Waals surface area contributed by atoms with Crippen molar-refractivity contribution in [3.05, 3.63) is 29.8 Å². The summed E-state index contributed by atoms with van der Waals surface area (Å²) in [5.41, 5.74) is 0.914. The van der Waals surface area contributed by atoms with Gasteiger partial charge in [-0.25, -0.2) is 0 Å². The van der Waals surface area contributed by atoms with Crippen molar-refractivity contribution in [2.75, 3.05) is 14.2 Å². The number of carbonyl (C=O) groups is 1. The number of nitrogens with one attached hydrogen (secondary N) is 2. The summed E-state index contributed by atoms with van der Waals surface area (Å²) < 4.78 is 29.3. The standard InChI is InChI=1S/C11H14N2O2S.C9H17NO2S/c1-12-11(16)13-10(14)7-8-3-5-9(15-2)6-4-8;1-2-3-4-5-8-6-7-9(8)10-13(11)12/h3-6H,7H2,1-2H3,(H2,12,13,14,16);8-9H,2-7H2,1H3. The molecule has 0 heterocycles. The first-order chi connectivity index (χ1) is 13.9. The minimum absolute atomic E-state index is 0.107. The number of nitrogens with zero attached hydrogens (tertiary/aromatic N) is 1. The molecule has 0 aliphatic heterocycles. The van der Waals surface area contributed by atoms with Crippen molar-refractivity contribution in [1.82, 2.24) is 10.6 Å². The van der Waals surface area contributed by atoms with Gasteiger partial charge in [0.15, 0.2) is 5.11 Å². The molecule has 1 fully saturated rings. The minimum Gasteiger partial charge on any atom is -0.497 e. The van der Waals surface area contributed by atoms with Crippen molar-refractivity contribution >= 4 is 33.7 Å². The largest absolute Gasteiger partial charge is 0.497 e. The molecule has 162 valence electrons.